The lowest BCUT2D eigenvalue weighted by Crippen LogP contribution is -2.47. The summed E-state index contributed by atoms with van der Waals surface area (Å²) in [7, 11) is 1.76. The van der Waals surface area contributed by atoms with Crippen LogP contribution >= 0.6 is 23.2 Å². The Bertz CT molecular complexity index is 892. The van der Waals surface area contributed by atoms with Crippen LogP contribution in [0.25, 0.3) is 0 Å². The molecule has 0 bridgehead atoms. The molecule has 0 aromatic heterocycles. The Morgan fingerprint density at radius 2 is 1.72 bits per heavy atom. The molecule has 0 saturated carbocycles. The maximum atomic E-state index is 13.0. The number of carbonyl (C=O) groups is 2. The fraction of sp³-hybridized carbons (Fsp3) is 0.364. The zero-order valence-electron chi connectivity index (χ0n) is 16.8. The van der Waals surface area contributed by atoms with E-state index in [2.05, 4.69) is 5.32 Å². The van der Waals surface area contributed by atoms with Crippen molar-refractivity contribution in [3.8, 4) is 0 Å². The van der Waals surface area contributed by atoms with Gasteiger partial charge in [-0.3, -0.25) is 4.79 Å². The van der Waals surface area contributed by atoms with E-state index in [1.54, 1.807) is 29.0 Å². The van der Waals surface area contributed by atoms with E-state index in [9.17, 15) is 9.59 Å². The van der Waals surface area contributed by atoms with E-state index in [1.165, 1.54) is 0 Å². The van der Waals surface area contributed by atoms with Gasteiger partial charge in [-0.25, -0.2) is 4.79 Å². The molecule has 1 N–H and O–H groups in total. The molecule has 1 aliphatic rings. The van der Waals surface area contributed by atoms with Crippen molar-refractivity contribution in [2.75, 3.05) is 18.9 Å². The molecule has 1 fully saturated rings. The lowest BCUT2D eigenvalue weighted by atomic mass is 10.1. The van der Waals surface area contributed by atoms with Crippen LogP contribution in [0.5, 0.6) is 0 Å². The van der Waals surface area contributed by atoms with Crippen molar-refractivity contribution in [2.24, 2.45) is 0 Å². The van der Waals surface area contributed by atoms with E-state index >= 15 is 0 Å². The van der Waals surface area contributed by atoms with Gasteiger partial charge in [-0.15, -0.1) is 0 Å². The summed E-state index contributed by atoms with van der Waals surface area (Å²) in [6, 6.07) is 10.3. The number of halogens is 2. The highest BCUT2D eigenvalue weighted by atomic mass is 35.5. The highest BCUT2D eigenvalue weighted by Gasteiger charge is 2.36. The van der Waals surface area contributed by atoms with Crippen molar-refractivity contribution < 1.29 is 9.59 Å². The zero-order chi connectivity index (χ0) is 21.1. The fourth-order valence-electron chi connectivity index (χ4n) is 3.75. The van der Waals surface area contributed by atoms with E-state index < -0.39 is 6.04 Å². The Kier molecular flexibility index (Phi) is 6.70. The van der Waals surface area contributed by atoms with Crippen molar-refractivity contribution in [2.45, 2.75) is 39.3 Å². The molecule has 2 aromatic rings. The second kappa shape index (κ2) is 9.06. The number of hydrogen-bond acceptors (Lipinski definition) is 2. The molecule has 1 aliphatic heterocycles. The monoisotopic (exact) mass is 433 g/mol. The minimum absolute atomic E-state index is 0.0582. The average molecular weight is 434 g/mol. The van der Waals surface area contributed by atoms with Crippen molar-refractivity contribution in [1.29, 1.82) is 0 Å². The Morgan fingerprint density at radius 1 is 1.10 bits per heavy atom. The highest BCUT2D eigenvalue weighted by molar-refractivity contribution is 6.31. The van der Waals surface area contributed by atoms with Gasteiger partial charge in [0.25, 0.3) is 0 Å². The Hall–Kier alpha value is -2.24. The second-order valence-electron chi connectivity index (χ2n) is 7.52. The maximum Gasteiger partial charge on any atom is 0.322 e. The number of likely N-dealkylation sites (N-methyl/N-ethyl adjacent to an activating group) is 1. The summed E-state index contributed by atoms with van der Waals surface area (Å²) in [5.41, 5.74) is 3.52. The molecule has 1 saturated heterocycles. The highest BCUT2D eigenvalue weighted by Crippen LogP contribution is 2.27. The number of nitrogens with zero attached hydrogens (tertiary/aromatic N) is 2. The van der Waals surface area contributed by atoms with Crippen LogP contribution in [-0.4, -0.2) is 41.4 Å². The molecule has 29 heavy (non-hydrogen) atoms. The molecule has 154 valence electrons. The van der Waals surface area contributed by atoms with Crippen molar-refractivity contribution >= 4 is 40.8 Å². The van der Waals surface area contributed by atoms with Gasteiger partial charge in [-0.1, -0.05) is 35.3 Å². The number of likely N-dealkylation sites (tertiary alicyclic amines) is 1. The molecule has 0 unspecified atom stereocenters. The third-order valence-electron chi connectivity index (χ3n) is 5.24. The smallest absolute Gasteiger partial charge is 0.322 e. The number of benzene rings is 2. The van der Waals surface area contributed by atoms with Gasteiger partial charge in [0.2, 0.25) is 5.91 Å². The third kappa shape index (κ3) is 5.03. The summed E-state index contributed by atoms with van der Waals surface area (Å²) in [6.45, 7) is 4.84. The van der Waals surface area contributed by atoms with Crippen LogP contribution in [-0.2, 0) is 11.3 Å². The van der Waals surface area contributed by atoms with E-state index in [0.29, 0.717) is 29.6 Å². The summed E-state index contributed by atoms with van der Waals surface area (Å²) >= 11 is 12.0. The molecule has 0 aliphatic carbocycles. The number of carbonyl (C=O) groups excluding carboxylic acids is 2. The van der Waals surface area contributed by atoms with Crippen LogP contribution in [0.15, 0.2) is 36.4 Å². The molecule has 0 radical (unpaired) electrons. The first-order valence-electron chi connectivity index (χ1n) is 9.60. The Labute approximate surface area is 181 Å². The van der Waals surface area contributed by atoms with Gasteiger partial charge in [-0.2, -0.15) is 0 Å². The number of aryl methyl sites for hydroxylation is 2. The van der Waals surface area contributed by atoms with Gasteiger partial charge < -0.3 is 15.1 Å². The standard InChI is InChI=1S/C22H25Cl2N3O2/c1-14-11-18(24)12-15(2)20(14)25-22(29)27-10-4-5-19(27)21(28)26(3)13-16-6-8-17(23)9-7-16/h6-9,11-12,19H,4-5,10,13H2,1-3H3,(H,25,29)/t19-/m1/s1. The van der Waals surface area contributed by atoms with Gasteiger partial charge in [0.15, 0.2) is 0 Å². The molecule has 2 aromatic carbocycles. The van der Waals surface area contributed by atoms with Crippen LogP contribution in [0, 0.1) is 13.8 Å². The van der Waals surface area contributed by atoms with E-state index in [0.717, 1.165) is 28.8 Å². The second-order valence-corrected chi connectivity index (χ2v) is 8.39. The molecular weight excluding hydrogens is 409 g/mol. The van der Waals surface area contributed by atoms with Crippen molar-refractivity contribution in [1.82, 2.24) is 9.80 Å². The zero-order valence-corrected chi connectivity index (χ0v) is 18.3. The van der Waals surface area contributed by atoms with Crippen LogP contribution in [0.3, 0.4) is 0 Å². The SMILES string of the molecule is Cc1cc(Cl)cc(C)c1NC(=O)N1CCC[C@@H]1C(=O)N(C)Cc1ccc(Cl)cc1. The third-order valence-corrected chi connectivity index (χ3v) is 5.71. The largest absolute Gasteiger partial charge is 0.340 e. The first-order chi connectivity index (χ1) is 13.8. The van der Waals surface area contributed by atoms with E-state index in [-0.39, 0.29) is 11.9 Å². The maximum absolute atomic E-state index is 13.0. The number of urea groups is 1. The molecule has 0 spiro atoms. The van der Waals surface area contributed by atoms with Crippen LogP contribution in [0.4, 0.5) is 10.5 Å². The molecule has 1 heterocycles. The number of amides is 3. The molecule has 3 rings (SSSR count). The van der Waals surface area contributed by atoms with Gasteiger partial charge in [0.1, 0.15) is 6.04 Å². The number of anilines is 1. The predicted molar refractivity (Wildman–Crippen MR) is 118 cm³/mol. The Morgan fingerprint density at radius 3 is 2.34 bits per heavy atom. The van der Waals surface area contributed by atoms with Gasteiger partial charge in [-0.05, 0) is 67.6 Å². The topological polar surface area (TPSA) is 52.7 Å². The minimum Gasteiger partial charge on any atom is -0.340 e. The molecule has 3 amide bonds. The van der Waals surface area contributed by atoms with E-state index in [1.807, 2.05) is 38.1 Å². The summed E-state index contributed by atoms with van der Waals surface area (Å²) in [5, 5.41) is 4.27. The van der Waals surface area contributed by atoms with Crippen LogP contribution in [0.2, 0.25) is 10.0 Å². The normalized spacial score (nSPS) is 16.0. The summed E-state index contributed by atoms with van der Waals surface area (Å²) in [5.74, 6) is -0.0582. The predicted octanol–water partition coefficient (Wildman–Crippen LogP) is 5.27. The molecule has 1 atom stereocenters. The van der Waals surface area contributed by atoms with Gasteiger partial charge in [0.05, 0.1) is 0 Å². The van der Waals surface area contributed by atoms with Gasteiger partial charge in [0, 0.05) is 35.9 Å². The van der Waals surface area contributed by atoms with Gasteiger partial charge >= 0.3 is 6.03 Å². The molecule has 5 nitrogen and oxygen atoms in total. The molecular formula is C22H25Cl2N3O2. The lowest BCUT2D eigenvalue weighted by molar-refractivity contribution is -0.134. The molecule has 7 heteroatoms. The first kappa shape index (κ1) is 21.5. The minimum atomic E-state index is -0.458. The summed E-state index contributed by atoms with van der Waals surface area (Å²) < 4.78 is 0. The number of rotatable bonds is 4. The average Bonchev–Trinajstić information content (AvgIpc) is 3.15. The first-order valence-corrected chi connectivity index (χ1v) is 10.4. The number of nitrogens with one attached hydrogen (secondary N) is 1. The van der Waals surface area contributed by atoms with Crippen LogP contribution in [0.1, 0.15) is 29.5 Å². The summed E-state index contributed by atoms with van der Waals surface area (Å²) in [6.07, 6.45) is 1.47. The number of hydrogen-bond donors (Lipinski definition) is 1. The van der Waals surface area contributed by atoms with Crippen molar-refractivity contribution in [3.05, 3.63) is 63.1 Å². The van der Waals surface area contributed by atoms with Crippen molar-refractivity contribution in [3.63, 3.8) is 0 Å². The Balaban J connectivity index is 1.69. The van der Waals surface area contributed by atoms with Crippen LogP contribution < -0.4 is 5.32 Å². The summed E-state index contributed by atoms with van der Waals surface area (Å²) in [4.78, 5) is 29.3. The van der Waals surface area contributed by atoms with E-state index in [4.69, 9.17) is 23.2 Å². The lowest BCUT2D eigenvalue weighted by Gasteiger charge is -2.28. The quantitative estimate of drug-likeness (QED) is 0.713. The fourth-order valence-corrected chi connectivity index (χ4v) is 4.20.